The van der Waals surface area contributed by atoms with Crippen LogP contribution in [0.4, 0.5) is 0 Å². The number of carbonyl (C=O) groups is 1. The van der Waals surface area contributed by atoms with Crippen molar-refractivity contribution in [3.8, 4) is 0 Å². The highest BCUT2D eigenvalue weighted by atomic mass is 16.6. The number of nitrogens with zero attached hydrogens (tertiary/aromatic N) is 2. The summed E-state index contributed by atoms with van der Waals surface area (Å²) in [6, 6.07) is 30.3. The highest BCUT2D eigenvalue weighted by Gasteiger charge is 2.38. The smallest absolute Gasteiger partial charge is 0.323 e. The molecule has 0 fully saturated rings. The molecule has 3 aromatic carbocycles. The topological polar surface area (TPSA) is 70.1 Å². The molecule has 0 amide bonds. The highest BCUT2D eigenvalue weighted by Crippen LogP contribution is 2.40. The lowest BCUT2D eigenvalue weighted by molar-refractivity contribution is -0.156. The van der Waals surface area contributed by atoms with E-state index >= 15 is 0 Å². The Morgan fingerprint density at radius 1 is 0.853 bits per heavy atom. The number of hydrogen-bond acceptors (Lipinski definition) is 4. The number of imidazole rings is 1. The van der Waals surface area contributed by atoms with Crippen LogP contribution >= 0.6 is 0 Å². The van der Waals surface area contributed by atoms with E-state index in [0.29, 0.717) is 0 Å². The van der Waals surface area contributed by atoms with Gasteiger partial charge in [0.15, 0.2) is 0 Å². The first-order valence-corrected chi connectivity index (χ1v) is 11.5. The van der Waals surface area contributed by atoms with Gasteiger partial charge in [-0.05, 0) is 37.5 Å². The van der Waals surface area contributed by atoms with Crippen LogP contribution in [0.2, 0.25) is 0 Å². The minimum Gasteiger partial charge on any atom is -0.459 e. The van der Waals surface area contributed by atoms with Crippen LogP contribution in [0.3, 0.4) is 0 Å². The molecule has 0 saturated carbocycles. The normalized spacial score (nSPS) is 12.8. The summed E-state index contributed by atoms with van der Waals surface area (Å²) in [6.07, 6.45) is 4.09. The summed E-state index contributed by atoms with van der Waals surface area (Å²) in [5.41, 5.74) is 8.99. The molecule has 0 aliphatic rings. The zero-order valence-electron chi connectivity index (χ0n) is 19.9. The van der Waals surface area contributed by atoms with E-state index in [2.05, 4.69) is 45.9 Å². The third kappa shape index (κ3) is 4.80. The second-order valence-electron chi connectivity index (χ2n) is 9.42. The minimum atomic E-state index is -0.790. The first-order valence-electron chi connectivity index (χ1n) is 11.5. The summed E-state index contributed by atoms with van der Waals surface area (Å²) in [6.45, 7) is 5.50. The molecule has 0 unspecified atom stereocenters. The average Bonchev–Trinajstić information content (AvgIpc) is 3.29. The molecule has 34 heavy (non-hydrogen) atoms. The van der Waals surface area contributed by atoms with Crippen molar-refractivity contribution in [1.29, 1.82) is 0 Å². The maximum absolute atomic E-state index is 12.4. The Bertz CT molecular complexity index is 1120. The Labute approximate surface area is 201 Å². The van der Waals surface area contributed by atoms with E-state index in [-0.39, 0.29) is 6.42 Å². The monoisotopic (exact) mass is 453 g/mol. The van der Waals surface area contributed by atoms with Crippen molar-refractivity contribution in [1.82, 2.24) is 9.55 Å². The molecule has 5 nitrogen and oxygen atoms in total. The van der Waals surface area contributed by atoms with E-state index in [9.17, 15) is 4.79 Å². The van der Waals surface area contributed by atoms with Gasteiger partial charge in [0.25, 0.3) is 0 Å². The average molecular weight is 454 g/mol. The molecule has 1 aromatic heterocycles. The molecule has 0 radical (unpaired) electrons. The van der Waals surface area contributed by atoms with Crippen LogP contribution in [-0.2, 0) is 21.5 Å². The Balaban J connectivity index is 1.82. The van der Waals surface area contributed by atoms with Crippen molar-refractivity contribution in [2.75, 3.05) is 0 Å². The predicted octanol–water partition coefficient (Wildman–Crippen LogP) is 4.93. The van der Waals surface area contributed by atoms with Crippen molar-refractivity contribution in [3.63, 3.8) is 0 Å². The van der Waals surface area contributed by atoms with Crippen LogP contribution < -0.4 is 5.73 Å². The second-order valence-corrected chi connectivity index (χ2v) is 9.42. The Morgan fingerprint density at radius 2 is 1.29 bits per heavy atom. The SMILES string of the molecule is CC(C)(C)OC(=O)[C@@H](N)Cc1cn(C(c2ccccc2)(c2ccccc2)c2ccccc2)cn1. The summed E-state index contributed by atoms with van der Waals surface area (Å²) < 4.78 is 7.57. The largest absolute Gasteiger partial charge is 0.459 e. The van der Waals surface area contributed by atoms with Gasteiger partial charge in [-0.2, -0.15) is 0 Å². The fourth-order valence-corrected chi connectivity index (χ4v) is 4.32. The summed E-state index contributed by atoms with van der Waals surface area (Å²) in [4.78, 5) is 17.1. The number of ether oxygens (including phenoxy) is 1. The van der Waals surface area contributed by atoms with Crippen LogP contribution in [0.1, 0.15) is 43.2 Å². The van der Waals surface area contributed by atoms with Gasteiger partial charge in [0.2, 0.25) is 0 Å². The molecular weight excluding hydrogens is 422 g/mol. The van der Waals surface area contributed by atoms with Crippen molar-refractivity contribution in [2.45, 2.75) is 44.4 Å². The first kappa shape index (κ1) is 23.5. The maximum Gasteiger partial charge on any atom is 0.323 e. The van der Waals surface area contributed by atoms with E-state index in [4.69, 9.17) is 10.5 Å². The fourth-order valence-electron chi connectivity index (χ4n) is 4.32. The van der Waals surface area contributed by atoms with E-state index in [0.717, 1.165) is 22.4 Å². The third-order valence-corrected chi connectivity index (χ3v) is 5.74. The van der Waals surface area contributed by atoms with Gasteiger partial charge in [-0.3, -0.25) is 4.79 Å². The van der Waals surface area contributed by atoms with Crippen molar-refractivity contribution in [3.05, 3.63) is 126 Å². The second kappa shape index (κ2) is 9.65. The number of nitrogens with two attached hydrogens (primary N) is 1. The molecule has 4 rings (SSSR count). The Kier molecular flexibility index (Phi) is 6.66. The predicted molar refractivity (Wildman–Crippen MR) is 134 cm³/mol. The number of benzene rings is 3. The van der Waals surface area contributed by atoms with E-state index in [1.54, 1.807) is 0 Å². The number of aromatic nitrogens is 2. The summed E-state index contributed by atoms with van der Waals surface area (Å²) in [5, 5.41) is 0. The third-order valence-electron chi connectivity index (χ3n) is 5.74. The van der Waals surface area contributed by atoms with E-state index < -0.39 is 23.2 Å². The van der Waals surface area contributed by atoms with Gasteiger partial charge < -0.3 is 15.0 Å². The molecular formula is C29H31N3O2. The lowest BCUT2D eigenvalue weighted by Crippen LogP contribution is -2.39. The molecule has 0 bridgehead atoms. The number of esters is 1. The van der Waals surface area contributed by atoms with Crippen LogP contribution in [0, 0.1) is 0 Å². The molecule has 0 aliphatic carbocycles. The lowest BCUT2D eigenvalue weighted by Gasteiger charge is -2.37. The van der Waals surface area contributed by atoms with Crippen molar-refractivity contribution < 1.29 is 9.53 Å². The minimum absolute atomic E-state index is 0.288. The highest BCUT2D eigenvalue weighted by molar-refractivity contribution is 5.76. The lowest BCUT2D eigenvalue weighted by atomic mass is 9.77. The fraction of sp³-hybridized carbons (Fsp3) is 0.241. The van der Waals surface area contributed by atoms with Gasteiger partial charge >= 0.3 is 5.97 Å². The van der Waals surface area contributed by atoms with Gasteiger partial charge in [0.1, 0.15) is 17.2 Å². The standard InChI is InChI=1S/C29H31N3O2/c1-28(2,3)34-27(33)26(30)19-25-20-32(21-31-25)29(22-13-7-4-8-14-22,23-15-9-5-10-16-23)24-17-11-6-12-18-24/h4-18,20-21,26H,19,30H2,1-3H3/t26-/m0/s1. The van der Waals surface area contributed by atoms with Crippen molar-refractivity contribution in [2.24, 2.45) is 5.73 Å². The zero-order valence-corrected chi connectivity index (χ0v) is 19.9. The summed E-state index contributed by atoms with van der Waals surface area (Å²) in [5.74, 6) is -0.428. The van der Waals surface area contributed by atoms with Gasteiger partial charge in [0, 0.05) is 12.6 Å². The van der Waals surface area contributed by atoms with Crippen LogP contribution in [-0.4, -0.2) is 27.2 Å². The molecule has 5 heteroatoms. The van der Waals surface area contributed by atoms with Crippen LogP contribution in [0.25, 0.3) is 0 Å². The Morgan fingerprint density at radius 3 is 1.71 bits per heavy atom. The zero-order chi connectivity index (χ0) is 24.2. The van der Waals surface area contributed by atoms with Crippen LogP contribution in [0.5, 0.6) is 0 Å². The quantitative estimate of drug-likeness (QED) is 0.318. The van der Waals surface area contributed by atoms with Gasteiger partial charge in [-0.25, -0.2) is 4.98 Å². The molecule has 0 aliphatic heterocycles. The van der Waals surface area contributed by atoms with E-state index in [1.807, 2.05) is 87.9 Å². The van der Waals surface area contributed by atoms with Gasteiger partial charge in [-0.1, -0.05) is 91.0 Å². The molecule has 4 aromatic rings. The number of carbonyl (C=O) groups excluding carboxylic acids is 1. The molecule has 2 N–H and O–H groups in total. The molecule has 1 atom stereocenters. The van der Waals surface area contributed by atoms with Crippen molar-refractivity contribution >= 4 is 5.97 Å². The van der Waals surface area contributed by atoms with Gasteiger partial charge in [0.05, 0.1) is 12.0 Å². The van der Waals surface area contributed by atoms with Gasteiger partial charge in [-0.15, -0.1) is 0 Å². The molecule has 174 valence electrons. The molecule has 1 heterocycles. The maximum atomic E-state index is 12.4. The first-order chi connectivity index (χ1) is 16.3. The summed E-state index contributed by atoms with van der Waals surface area (Å²) in [7, 11) is 0. The number of rotatable bonds is 7. The number of hydrogen-bond donors (Lipinski definition) is 1. The van der Waals surface area contributed by atoms with Crippen LogP contribution in [0.15, 0.2) is 104 Å². The Hall–Kier alpha value is -3.70. The molecule has 0 spiro atoms. The summed E-state index contributed by atoms with van der Waals surface area (Å²) >= 11 is 0. The van der Waals surface area contributed by atoms with E-state index in [1.165, 1.54) is 0 Å². The molecule has 0 saturated heterocycles.